The van der Waals surface area contributed by atoms with Crippen LogP contribution in [0.5, 0.6) is 0 Å². The molecule has 0 aliphatic heterocycles. The zero-order valence-corrected chi connectivity index (χ0v) is 5.88. The molecule has 2 nitrogen and oxygen atoms in total. The summed E-state index contributed by atoms with van der Waals surface area (Å²) in [7, 11) is 0. The molecule has 56 valence electrons. The number of hydrogen-bond acceptors (Lipinski definition) is 2. The van der Waals surface area contributed by atoms with E-state index in [0.717, 1.165) is 0 Å². The Morgan fingerprint density at radius 3 is 1.60 bits per heavy atom. The molecular formula is C8H12O2. The molecule has 0 amide bonds. The molecule has 0 spiro atoms. The van der Waals surface area contributed by atoms with Crippen molar-refractivity contribution in [3.63, 3.8) is 0 Å². The lowest BCUT2D eigenvalue weighted by molar-refractivity contribution is 0.136. The first-order valence-electron chi connectivity index (χ1n) is 3.32. The standard InChI is InChI=1S/C8H12O2/c1-5-3-8(10)6(2)4-7(5)9/h7-10H,1-4H2/t7-,8-/m1/s1. The van der Waals surface area contributed by atoms with Gasteiger partial charge in [0.2, 0.25) is 0 Å². The minimum Gasteiger partial charge on any atom is -0.388 e. The first-order valence-corrected chi connectivity index (χ1v) is 3.32. The number of hydrogen-bond donors (Lipinski definition) is 2. The van der Waals surface area contributed by atoms with Crippen LogP contribution < -0.4 is 0 Å². The van der Waals surface area contributed by atoms with Gasteiger partial charge in [0.1, 0.15) is 0 Å². The van der Waals surface area contributed by atoms with Crippen molar-refractivity contribution in [1.82, 2.24) is 0 Å². The van der Waals surface area contributed by atoms with E-state index < -0.39 is 12.2 Å². The first-order chi connectivity index (χ1) is 4.61. The Balaban J connectivity index is 2.63. The van der Waals surface area contributed by atoms with Crippen molar-refractivity contribution in [2.75, 3.05) is 0 Å². The summed E-state index contributed by atoms with van der Waals surface area (Å²) in [5, 5.41) is 18.4. The van der Waals surface area contributed by atoms with Crippen LogP contribution in [0, 0.1) is 0 Å². The van der Waals surface area contributed by atoms with Crippen molar-refractivity contribution >= 4 is 0 Å². The molecule has 0 radical (unpaired) electrons. The van der Waals surface area contributed by atoms with E-state index in [1.807, 2.05) is 0 Å². The molecule has 0 aromatic rings. The Morgan fingerprint density at radius 2 is 1.30 bits per heavy atom. The van der Waals surface area contributed by atoms with Gasteiger partial charge in [0.05, 0.1) is 12.2 Å². The van der Waals surface area contributed by atoms with Crippen LogP contribution in [0.25, 0.3) is 0 Å². The molecule has 2 atom stereocenters. The summed E-state index contributed by atoms with van der Waals surface area (Å²) in [5.74, 6) is 0. The van der Waals surface area contributed by atoms with Crippen molar-refractivity contribution in [3.8, 4) is 0 Å². The predicted molar refractivity (Wildman–Crippen MR) is 39.5 cm³/mol. The van der Waals surface area contributed by atoms with Gasteiger partial charge in [-0.1, -0.05) is 13.2 Å². The Kier molecular flexibility index (Phi) is 1.92. The van der Waals surface area contributed by atoms with E-state index in [-0.39, 0.29) is 0 Å². The van der Waals surface area contributed by atoms with Gasteiger partial charge >= 0.3 is 0 Å². The third-order valence-corrected chi connectivity index (χ3v) is 1.85. The smallest absolute Gasteiger partial charge is 0.0786 e. The van der Waals surface area contributed by atoms with Crippen molar-refractivity contribution in [2.24, 2.45) is 0 Å². The Labute approximate surface area is 60.5 Å². The van der Waals surface area contributed by atoms with Gasteiger partial charge in [0.15, 0.2) is 0 Å². The summed E-state index contributed by atoms with van der Waals surface area (Å²) in [5.41, 5.74) is 1.42. The second kappa shape index (κ2) is 2.56. The zero-order chi connectivity index (χ0) is 7.72. The van der Waals surface area contributed by atoms with Crippen molar-refractivity contribution in [1.29, 1.82) is 0 Å². The molecule has 0 aromatic carbocycles. The summed E-state index contributed by atoms with van der Waals surface area (Å²) in [4.78, 5) is 0. The maximum atomic E-state index is 9.19. The summed E-state index contributed by atoms with van der Waals surface area (Å²) >= 11 is 0. The summed E-state index contributed by atoms with van der Waals surface area (Å²) in [6, 6.07) is 0. The normalized spacial score (nSPS) is 34.6. The third kappa shape index (κ3) is 1.28. The lowest BCUT2D eigenvalue weighted by Crippen LogP contribution is -2.25. The minimum atomic E-state index is -0.490. The molecule has 1 aliphatic rings. The average molecular weight is 140 g/mol. The van der Waals surface area contributed by atoms with Gasteiger partial charge in [-0.3, -0.25) is 0 Å². The second-order valence-electron chi connectivity index (χ2n) is 2.76. The van der Waals surface area contributed by atoms with E-state index in [4.69, 9.17) is 0 Å². The van der Waals surface area contributed by atoms with E-state index in [0.29, 0.717) is 24.0 Å². The molecule has 1 saturated carbocycles. The van der Waals surface area contributed by atoms with E-state index >= 15 is 0 Å². The highest BCUT2D eigenvalue weighted by atomic mass is 16.3. The molecule has 2 N–H and O–H groups in total. The van der Waals surface area contributed by atoms with Gasteiger partial charge in [-0.15, -0.1) is 0 Å². The van der Waals surface area contributed by atoms with Gasteiger partial charge in [0.25, 0.3) is 0 Å². The quantitative estimate of drug-likeness (QED) is 0.484. The van der Waals surface area contributed by atoms with Crippen LogP contribution in [-0.4, -0.2) is 22.4 Å². The molecular weight excluding hydrogens is 128 g/mol. The van der Waals surface area contributed by atoms with Crippen LogP contribution in [0.15, 0.2) is 24.3 Å². The molecule has 1 rings (SSSR count). The van der Waals surface area contributed by atoms with Gasteiger partial charge < -0.3 is 10.2 Å². The lowest BCUT2D eigenvalue weighted by Gasteiger charge is -2.25. The second-order valence-corrected chi connectivity index (χ2v) is 2.76. The highest BCUT2D eigenvalue weighted by molar-refractivity contribution is 5.20. The summed E-state index contributed by atoms with van der Waals surface area (Å²) in [6.45, 7) is 7.26. The number of aliphatic hydroxyl groups is 2. The lowest BCUT2D eigenvalue weighted by atomic mass is 9.88. The Morgan fingerprint density at radius 1 is 1.00 bits per heavy atom. The van der Waals surface area contributed by atoms with E-state index in [2.05, 4.69) is 13.2 Å². The van der Waals surface area contributed by atoms with Crippen LogP contribution in [-0.2, 0) is 0 Å². The summed E-state index contributed by atoms with van der Waals surface area (Å²) in [6.07, 6.45) is -0.0631. The fraction of sp³-hybridized carbons (Fsp3) is 0.500. The molecule has 2 heteroatoms. The van der Waals surface area contributed by atoms with Crippen LogP contribution in [0.2, 0.25) is 0 Å². The highest BCUT2D eigenvalue weighted by Gasteiger charge is 2.23. The van der Waals surface area contributed by atoms with Gasteiger partial charge in [-0.25, -0.2) is 0 Å². The molecule has 1 aliphatic carbocycles. The molecule has 1 fully saturated rings. The fourth-order valence-corrected chi connectivity index (χ4v) is 1.06. The van der Waals surface area contributed by atoms with Crippen LogP contribution in [0.4, 0.5) is 0 Å². The third-order valence-electron chi connectivity index (χ3n) is 1.85. The van der Waals surface area contributed by atoms with Crippen LogP contribution >= 0.6 is 0 Å². The molecule has 0 heterocycles. The largest absolute Gasteiger partial charge is 0.388 e. The first kappa shape index (κ1) is 7.51. The SMILES string of the molecule is C=C1C[C@@H](O)C(=C)C[C@H]1O. The Hall–Kier alpha value is -0.600. The van der Waals surface area contributed by atoms with Gasteiger partial charge in [-0.2, -0.15) is 0 Å². The maximum Gasteiger partial charge on any atom is 0.0786 e. The molecule has 0 bridgehead atoms. The van der Waals surface area contributed by atoms with E-state index in [1.54, 1.807) is 0 Å². The Bertz CT molecular complexity index is 152. The van der Waals surface area contributed by atoms with E-state index in [9.17, 15) is 10.2 Å². The van der Waals surface area contributed by atoms with E-state index in [1.165, 1.54) is 0 Å². The van der Waals surface area contributed by atoms with Gasteiger partial charge in [-0.05, 0) is 11.1 Å². The minimum absolute atomic E-state index is 0.458. The maximum absolute atomic E-state index is 9.19. The molecule has 0 saturated heterocycles. The number of rotatable bonds is 0. The molecule has 0 unspecified atom stereocenters. The van der Waals surface area contributed by atoms with Gasteiger partial charge in [0, 0.05) is 12.8 Å². The van der Waals surface area contributed by atoms with Crippen molar-refractivity contribution in [2.45, 2.75) is 25.0 Å². The molecule has 0 aromatic heterocycles. The topological polar surface area (TPSA) is 40.5 Å². The monoisotopic (exact) mass is 140 g/mol. The average Bonchev–Trinajstić information content (AvgIpc) is 1.84. The zero-order valence-electron chi connectivity index (χ0n) is 5.88. The predicted octanol–water partition coefficient (Wildman–Crippen LogP) is 0.614. The molecule has 10 heavy (non-hydrogen) atoms. The van der Waals surface area contributed by atoms with Crippen molar-refractivity contribution < 1.29 is 10.2 Å². The van der Waals surface area contributed by atoms with Crippen LogP contribution in [0.1, 0.15) is 12.8 Å². The number of aliphatic hydroxyl groups excluding tert-OH is 2. The fourth-order valence-electron chi connectivity index (χ4n) is 1.06. The van der Waals surface area contributed by atoms with Crippen LogP contribution in [0.3, 0.4) is 0 Å². The summed E-state index contributed by atoms with van der Waals surface area (Å²) < 4.78 is 0. The highest BCUT2D eigenvalue weighted by Crippen LogP contribution is 2.25. The van der Waals surface area contributed by atoms with Crippen molar-refractivity contribution in [3.05, 3.63) is 24.3 Å².